The van der Waals surface area contributed by atoms with Gasteiger partial charge in [0.2, 0.25) is 5.91 Å². The summed E-state index contributed by atoms with van der Waals surface area (Å²) in [6.07, 6.45) is 4.73. The van der Waals surface area contributed by atoms with Crippen molar-refractivity contribution in [3.8, 4) is 11.3 Å². The van der Waals surface area contributed by atoms with E-state index in [0.717, 1.165) is 31.2 Å². The van der Waals surface area contributed by atoms with Gasteiger partial charge in [-0.15, -0.1) is 0 Å². The zero-order valence-electron chi connectivity index (χ0n) is 17.3. The second kappa shape index (κ2) is 9.66. The number of ether oxygens (including phenoxy) is 1. The lowest BCUT2D eigenvalue weighted by Gasteiger charge is -2.41. The number of likely N-dealkylation sites (tertiary alicyclic amines) is 1. The minimum absolute atomic E-state index is 0.0102. The molecule has 31 heavy (non-hydrogen) atoms. The number of hydrogen-bond acceptors (Lipinski definition) is 5. The van der Waals surface area contributed by atoms with Crippen LogP contribution >= 0.6 is 11.6 Å². The van der Waals surface area contributed by atoms with Gasteiger partial charge >= 0.3 is 0 Å². The van der Waals surface area contributed by atoms with Crippen molar-refractivity contribution in [2.75, 3.05) is 19.7 Å². The molecule has 4 rings (SSSR count). The summed E-state index contributed by atoms with van der Waals surface area (Å²) in [6.45, 7) is 5.47. The molecule has 0 saturated carbocycles. The van der Waals surface area contributed by atoms with Crippen molar-refractivity contribution in [1.29, 1.82) is 0 Å². The van der Waals surface area contributed by atoms with Crippen LogP contribution in [0.3, 0.4) is 0 Å². The molecule has 2 aliphatic heterocycles. The van der Waals surface area contributed by atoms with Crippen LogP contribution < -0.4 is 5.32 Å². The monoisotopic (exact) mass is 443 g/mol. The Hall–Kier alpha value is -2.64. The number of carbonyl (C=O) groups is 2. The fraction of sp³-hybridized carbons (Fsp3) is 0.435. The number of benzene rings is 1. The molecule has 0 bridgehead atoms. The molecule has 0 spiro atoms. The largest absolute Gasteiger partial charge is 0.376 e. The molecule has 0 radical (unpaired) electrons. The van der Waals surface area contributed by atoms with E-state index < -0.39 is 0 Å². The summed E-state index contributed by atoms with van der Waals surface area (Å²) in [6, 6.07) is 8.85. The van der Waals surface area contributed by atoms with Crippen LogP contribution in [0.1, 0.15) is 36.2 Å². The second-order valence-electron chi connectivity index (χ2n) is 8.01. The minimum Gasteiger partial charge on any atom is -0.376 e. The minimum atomic E-state index is -0.171. The predicted molar refractivity (Wildman–Crippen MR) is 117 cm³/mol. The van der Waals surface area contributed by atoms with Crippen LogP contribution in [0.5, 0.6) is 0 Å². The number of aromatic nitrogens is 1. The summed E-state index contributed by atoms with van der Waals surface area (Å²) < 4.78 is 11.4. The van der Waals surface area contributed by atoms with Crippen molar-refractivity contribution >= 4 is 23.4 Å². The first-order valence-electron chi connectivity index (χ1n) is 10.6. The van der Waals surface area contributed by atoms with Crippen LogP contribution in [-0.2, 0) is 9.53 Å². The smallest absolute Gasteiger partial charge is 0.276 e. The number of piperidine rings is 1. The number of rotatable bonds is 5. The normalized spacial score (nSPS) is 22.2. The van der Waals surface area contributed by atoms with Crippen LogP contribution in [0.25, 0.3) is 11.3 Å². The fourth-order valence-corrected chi connectivity index (χ4v) is 4.51. The van der Waals surface area contributed by atoms with Gasteiger partial charge in [0, 0.05) is 36.3 Å². The highest BCUT2D eigenvalue weighted by Crippen LogP contribution is 2.30. The lowest BCUT2D eigenvalue weighted by molar-refractivity contribution is -0.121. The van der Waals surface area contributed by atoms with Gasteiger partial charge in [-0.2, -0.15) is 0 Å². The number of nitrogens with one attached hydrogen (secondary N) is 1. The number of amides is 2. The third-order valence-corrected chi connectivity index (χ3v) is 6.28. The standard InChI is InChI=1S/C23H26ClN3O4/c1-2-21(28)25-18-4-3-13-30-22(18)16-9-11-27(12-10-16)23(29)19-14-20(31-26-19)15-5-7-17(24)8-6-15/h2,5-8,14,16,18,22H,1,3-4,9-13H2,(H,25,28). The molecule has 2 unspecified atom stereocenters. The average molecular weight is 444 g/mol. The molecule has 1 aromatic heterocycles. The van der Waals surface area contributed by atoms with Crippen LogP contribution in [0.15, 0.2) is 47.5 Å². The number of hydrogen-bond donors (Lipinski definition) is 1. The highest BCUT2D eigenvalue weighted by Gasteiger charge is 2.36. The first-order chi connectivity index (χ1) is 15.0. The van der Waals surface area contributed by atoms with Gasteiger partial charge in [0.25, 0.3) is 5.91 Å². The quantitative estimate of drug-likeness (QED) is 0.712. The number of carbonyl (C=O) groups excluding carboxylic acids is 2. The maximum atomic E-state index is 12.9. The predicted octanol–water partition coefficient (Wildman–Crippen LogP) is 3.70. The van der Waals surface area contributed by atoms with Gasteiger partial charge in [-0.05, 0) is 61.9 Å². The molecule has 2 aliphatic rings. The highest BCUT2D eigenvalue weighted by molar-refractivity contribution is 6.30. The topological polar surface area (TPSA) is 84.7 Å². The second-order valence-corrected chi connectivity index (χ2v) is 8.45. The number of nitrogens with zero attached hydrogens (tertiary/aromatic N) is 2. The Morgan fingerprint density at radius 1 is 1.19 bits per heavy atom. The zero-order chi connectivity index (χ0) is 21.8. The van der Waals surface area contributed by atoms with Gasteiger partial charge in [-0.1, -0.05) is 23.3 Å². The van der Waals surface area contributed by atoms with Gasteiger partial charge in [0.15, 0.2) is 11.5 Å². The van der Waals surface area contributed by atoms with E-state index in [-0.39, 0.29) is 24.0 Å². The molecule has 8 heteroatoms. The van der Waals surface area contributed by atoms with E-state index in [1.165, 1.54) is 6.08 Å². The van der Waals surface area contributed by atoms with Gasteiger partial charge in [0.05, 0.1) is 12.1 Å². The van der Waals surface area contributed by atoms with E-state index in [2.05, 4.69) is 17.1 Å². The van der Waals surface area contributed by atoms with Gasteiger partial charge in [0.1, 0.15) is 0 Å². The number of halogens is 1. The van der Waals surface area contributed by atoms with Crippen LogP contribution in [-0.4, -0.2) is 53.7 Å². The lowest BCUT2D eigenvalue weighted by Crippen LogP contribution is -2.52. The van der Waals surface area contributed by atoms with E-state index in [9.17, 15) is 9.59 Å². The van der Waals surface area contributed by atoms with Crippen LogP contribution in [0, 0.1) is 5.92 Å². The Morgan fingerprint density at radius 3 is 2.65 bits per heavy atom. The SMILES string of the molecule is C=CC(=O)NC1CCCOC1C1CCN(C(=O)c2cc(-c3ccc(Cl)cc3)on2)CC1. The van der Waals surface area contributed by atoms with Crippen LogP contribution in [0.4, 0.5) is 0 Å². The molecular formula is C23H26ClN3O4. The maximum absolute atomic E-state index is 12.9. The average Bonchev–Trinajstić information content (AvgIpc) is 3.30. The molecule has 3 heterocycles. The summed E-state index contributed by atoms with van der Waals surface area (Å²) in [4.78, 5) is 26.5. The van der Waals surface area contributed by atoms with Crippen molar-refractivity contribution < 1.29 is 18.8 Å². The van der Waals surface area contributed by atoms with Crippen molar-refractivity contribution in [3.05, 3.63) is 53.7 Å². The molecule has 7 nitrogen and oxygen atoms in total. The van der Waals surface area contributed by atoms with Crippen molar-refractivity contribution in [3.63, 3.8) is 0 Å². The Labute approximate surface area is 186 Å². The molecule has 2 fully saturated rings. The summed E-state index contributed by atoms with van der Waals surface area (Å²) in [7, 11) is 0. The molecule has 2 amide bonds. The van der Waals surface area contributed by atoms with Crippen molar-refractivity contribution in [2.24, 2.45) is 5.92 Å². The van der Waals surface area contributed by atoms with Gasteiger partial charge in [-0.3, -0.25) is 9.59 Å². The van der Waals surface area contributed by atoms with Gasteiger partial charge < -0.3 is 19.5 Å². The van der Waals surface area contributed by atoms with E-state index in [4.69, 9.17) is 20.9 Å². The Morgan fingerprint density at radius 2 is 1.94 bits per heavy atom. The molecule has 0 aliphatic carbocycles. The summed E-state index contributed by atoms with van der Waals surface area (Å²) >= 11 is 5.92. The highest BCUT2D eigenvalue weighted by atomic mass is 35.5. The molecule has 164 valence electrons. The summed E-state index contributed by atoms with van der Waals surface area (Å²) in [5, 5.41) is 7.61. The van der Waals surface area contributed by atoms with E-state index in [0.29, 0.717) is 42.1 Å². The van der Waals surface area contributed by atoms with Crippen molar-refractivity contribution in [1.82, 2.24) is 15.4 Å². The van der Waals surface area contributed by atoms with Gasteiger partial charge in [-0.25, -0.2) is 0 Å². The van der Waals surface area contributed by atoms with E-state index >= 15 is 0 Å². The molecular weight excluding hydrogens is 418 g/mol. The first-order valence-corrected chi connectivity index (χ1v) is 11.0. The Bertz CT molecular complexity index is 935. The molecule has 1 aromatic carbocycles. The fourth-order valence-electron chi connectivity index (χ4n) is 4.38. The van der Waals surface area contributed by atoms with Crippen molar-refractivity contribution in [2.45, 2.75) is 37.8 Å². The van der Waals surface area contributed by atoms with E-state index in [1.807, 2.05) is 12.1 Å². The first kappa shape index (κ1) is 21.6. The third kappa shape index (κ3) is 4.99. The lowest BCUT2D eigenvalue weighted by atomic mass is 9.84. The Balaban J connectivity index is 1.36. The molecule has 2 aromatic rings. The Kier molecular flexibility index (Phi) is 6.73. The molecule has 1 N–H and O–H groups in total. The third-order valence-electron chi connectivity index (χ3n) is 6.03. The summed E-state index contributed by atoms with van der Waals surface area (Å²) in [5.74, 6) is 0.520. The summed E-state index contributed by atoms with van der Waals surface area (Å²) in [5.41, 5.74) is 1.12. The maximum Gasteiger partial charge on any atom is 0.276 e. The van der Waals surface area contributed by atoms with E-state index in [1.54, 1.807) is 23.1 Å². The molecule has 2 atom stereocenters. The van der Waals surface area contributed by atoms with Crippen LogP contribution in [0.2, 0.25) is 5.02 Å². The molecule has 2 saturated heterocycles. The zero-order valence-corrected chi connectivity index (χ0v) is 18.0.